The summed E-state index contributed by atoms with van der Waals surface area (Å²) in [6.07, 6.45) is 0. The fourth-order valence-electron chi connectivity index (χ4n) is 3.97. The van der Waals surface area contributed by atoms with Gasteiger partial charge in [0.2, 0.25) is 5.91 Å². The van der Waals surface area contributed by atoms with Crippen LogP contribution in [0.25, 0.3) is 0 Å². The van der Waals surface area contributed by atoms with Crippen molar-refractivity contribution in [3.05, 3.63) is 29.6 Å². The summed E-state index contributed by atoms with van der Waals surface area (Å²) in [4.78, 5) is 27.9. The zero-order valence-corrected chi connectivity index (χ0v) is 18.0. The number of H-pyrrole nitrogens is 1. The summed E-state index contributed by atoms with van der Waals surface area (Å²) >= 11 is 1.61. The number of ether oxygens (including phenoxy) is 2. The molecular weight excluding hydrogens is 408 g/mol. The molecule has 2 unspecified atom stereocenters. The second kappa shape index (κ2) is 7.78. The molecule has 2 amide bonds. The molecule has 10 nitrogen and oxygen atoms in total. The Balaban J connectivity index is 1.57. The van der Waals surface area contributed by atoms with Gasteiger partial charge in [0, 0.05) is 4.75 Å². The van der Waals surface area contributed by atoms with Crippen molar-refractivity contribution in [3.63, 3.8) is 0 Å². The van der Waals surface area contributed by atoms with Gasteiger partial charge in [-0.25, -0.2) is 5.10 Å². The molecule has 2 aliphatic rings. The molecule has 2 aromatic rings. The summed E-state index contributed by atoms with van der Waals surface area (Å²) in [6, 6.07) is 4.27. The van der Waals surface area contributed by atoms with Crippen LogP contribution in [0.2, 0.25) is 0 Å². The average Bonchev–Trinajstić information content (AvgIpc) is 3.31. The van der Waals surface area contributed by atoms with Crippen LogP contribution in [0.15, 0.2) is 18.2 Å². The number of tetrazole rings is 1. The van der Waals surface area contributed by atoms with Crippen molar-refractivity contribution in [2.24, 2.45) is 0 Å². The SMILES string of the molecule is CCOc1cccc(OCC)c1C(=O)NC1C(=O)N2C(c3nnn[nH]3)C(C)(C)S[C@@H]12. The fraction of sp³-hybridized carbons (Fsp3) is 0.526. The Labute approximate surface area is 178 Å². The molecule has 1 aromatic carbocycles. The lowest BCUT2D eigenvalue weighted by molar-refractivity contribution is -0.148. The molecule has 0 aliphatic carbocycles. The van der Waals surface area contributed by atoms with E-state index in [9.17, 15) is 9.59 Å². The van der Waals surface area contributed by atoms with E-state index in [1.807, 2.05) is 27.7 Å². The lowest BCUT2D eigenvalue weighted by Crippen LogP contribution is -2.67. The van der Waals surface area contributed by atoms with Gasteiger partial charge >= 0.3 is 0 Å². The third-order valence-corrected chi connectivity index (χ3v) is 6.73. The molecule has 2 N–H and O–H groups in total. The zero-order valence-electron chi connectivity index (χ0n) is 17.2. The second-order valence-corrected chi connectivity index (χ2v) is 9.26. The number of hydrogen-bond acceptors (Lipinski definition) is 8. The topological polar surface area (TPSA) is 122 Å². The Morgan fingerprint density at radius 1 is 1.27 bits per heavy atom. The Bertz CT molecular complexity index is 926. The summed E-state index contributed by atoms with van der Waals surface area (Å²) in [7, 11) is 0. The van der Waals surface area contributed by atoms with Crippen molar-refractivity contribution in [2.75, 3.05) is 13.2 Å². The Morgan fingerprint density at radius 2 is 1.93 bits per heavy atom. The van der Waals surface area contributed by atoms with Crippen LogP contribution in [0.5, 0.6) is 11.5 Å². The van der Waals surface area contributed by atoms with Gasteiger partial charge in [-0.05, 0) is 50.3 Å². The third-order valence-electron chi connectivity index (χ3n) is 5.16. The molecule has 11 heteroatoms. The van der Waals surface area contributed by atoms with Crippen LogP contribution in [-0.4, -0.2) is 66.7 Å². The average molecular weight is 433 g/mol. The lowest BCUT2D eigenvalue weighted by Gasteiger charge is -2.44. The maximum absolute atomic E-state index is 13.2. The van der Waals surface area contributed by atoms with Crippen molar-refractivity contribution < 1.29 is 19.1 Å². The molecule has 3 atom stereocenters. The first-order chi connectivity index (χ1) is 14.4. The van der Waals surface area contributed by atoms with E-state index in [1.54, 1.807) is 34.9 Å². The van der Waals surface area contributed by atoms with Gasteiger partial charge in [-0.2, -0.15) is 0 Å². The quantitative estimate of drug-likeness (QED) is 0.632. The van der Waals surface area contributed by atoms with E-state index in [1.165, 1.54) is 0 Å². The van der Waals surface area contributed by atoms with Gasteiger partial charge in [-0.15, -0.1) is 16.9 Å². The first kappa shape index (κ1) is 20.5. The van der Waals surface area contributed by atoms with Crippen molar-refractivity contribution in [1.29, 1.82) is 0 Å². The highest BCUT2D eigenvalue weighted by atomic mass is 32.2. The van der Waals surface area contributed by atoms with Crippen LogP contribution in [0.4, 0.5) is 0 Å². The smallest absolute Gasteiger partial charge is 0.259 e. The van der Waals surface area contributed by atoms with Gasteiger partial charge in [0.15, 0.2) is 5.82 Å². The number of aromatic amines is 1. The highest BCUT2D eigenvalue weighted by molar-refractivity contribution is 8.01. The molecule has 0 saturated carbocycles. The number of rotatable bonds is 7. The number of benzene rings is 1. The number of nitrogens with one attached hydrogen (secondary N) is 2. The van der Waals surface area contributed by atoms with E-state index >= 15 is 0 Å². The van der Waals surface area contributed by atoms with Crippen molar-refractivity contribution in [3.8, 4) is 11.5 Å². The minimum absolute atomic E-state index is 0.167. The van der Waals surface area contributed by atoms with Gasteiger partial charge in [-0.3, -0.25) is 9.59 Å². The van der Waals surface area contributed by atoms with Gasteiger partial charge in [0.25, 0.3) is 5.91 Å². The van der Waals surface area contributed by atoms with Crippen molar-refractivity contribution >= 4 is 23.6 Å². The molecule has 1 aromatic heterocycles. The standard InChI is InChI=1S/C19H24N6O4S/c1-5-28-10-8-7-9-11(29-6-2)12(10)16(26)20-13-17(27)25-14(15-21-23-24-22-15)19(3,4)30-18(13)25/h7-9,13-14,18H,5-6H2,1-4H3,(H,20,26)(H,21,22,23,24)/t13?,14?,18-/m0/s1. The van der Waals surface area contributed by atoms with Crippen LogP contribution in [0.1, 0.15) is 49.9 Å². The van der Waals surface area contributed by atoms with E-state index in [-0.39, 0.29) is 22.1 Å². The molecule has 0 radical (unpaired) electrons. The largest absolute Gasteiger partial charge is 0.493 e. The molecule has 4 rings (SSSR count). The molecule has 2 fully saturated rings. The first-order valence-corrected chi connectivity index (χ1v) is 10.7. The van der Waals surface area contributed by atoms with Crippen LogP contribution < -0.4 is 14.8 Å². The van der Waals surface area contributed by atoms with E-state index in [2.05, 4.69) is 25.9 Å². The summed E-state index contributed by atoms with van der Waals surface area (Å²) in [5.74, 6) is 0.820. The summed E-state index contributed by atoms with van der Waals surface area (Å²) < 4.78 is 10.9. The number of hydrogen-bond donors (Lipinski definition) is 2. The normalized spacial score (nSPS) is 24.2. The Kier molecular flexibility index (Phi) is 5.31. The molecule has 3 heterocycles. The molecule has 2 aliphatic heterocycles. The Hall–Kier alpha value is -2.82. The molecule has 0 bridgehead atoms. The van der Waals surface area contributed by atoms with Crippen molar-refractivity contribution in [2.45, 2.75) is 49.9 Å². The van der Waals surface area contributed by atoms with E-state index in [4.69, 9.17) is 9.47 Å². The van der Waals surface area contributed by atoms with Gasteiger partial charge < -0.3 is 19.7 Å². The summed E-state index contributed by atoms with van der Waals surface area (Å²) in [5.41, 5.74) is 0.297. The monoisotopic (exact) mass is 432 g/mol. The van der Waals surface area contributed by atoms with Gasteiger partial charge in [-0.1, -0.05) is 6.07 Å². The number of amides is 2. The molecule has 2 saturated heterocycles. The highest BCUT2D eigenvalue weighted by Gasteiger charge is 2.63. The number of β-lactam (4-membered cyclic amide) rings is 1. The van der Waals surface area contributed by atoms with Crippen LogP contribution >= 0.6 is 11.8 Å². The van der Waals surface area contributed by atoms with Crippen LogP contribution in [0.3, 0.4) is 0 Å². The molecule has 160 valence electrons. The highest BCUT2D eigenvalue weighted by Crippen LogP contribution is 2.56. The maximum Gasteiger partial charge on any atom is 0.259 e. The van der Waals surface area contributed by atoms with Crippen LogP contribution in [0, 0.1) is 0 Å². The zero-order chi connectivity index (χ0) is 21.5. The Morgan fingerprint density at radius 3 is 2.50 bits per heavy atom. The maximum atomic E-state index is 13.2. The predicted molar refractivity (Wildman–Crippen MR) is 109 cm³/mol. The van der Waals surface area contributed by atoms with E-state index in [0.29, 0.717) is 36.1 Å². The summed E-state index contributed by atoms with van der Waals surface area (Å²) in [5, 5.41) is 16.7. The molecule has 30 heavy (non-hydrogen) atoms. The summed E-state index contributed by atoms with van der Waals surface area (Å²) in [6.45, 7) is 8.58. The third kappa shape index (κ3) is 3.26. The van der Waals surface area contributed by atoms with E-state index < -0.39 is 11.9 Å². The number of thioether (sulfide) groups is 1. The van der Waals surface area contributed by atoms with E-state index in [0.717, 1.165) is 0 Å². The number of carbonyl (C=O) groups is 2. The lowest BCUT2D eigenvalue weighted by atomic mass is 9.95. The number of fused-ring (bicyclic) bond motifs is 1. The van der Waals surface area contributed by atoms with Crippen LogP contribution in [-0.2, 0) is 4.79 Å². The number of carbonyl (C=O) groups excluding carboxylic acids is 2. The fourth-order valence-corrected chi connectivity index (χ4v) is 5.61. The predicted octanol–water partition coefficient (Wildman–Crippen LogP) is 1.53. The number of nitrogens with zero attached hydrogens (tertiary/aromatic N) is 4. The number of aromatic nitrogens is 4. The minimum Gasteiger partial charge on any atom is -0.493 e. The molecular formula is C19H24N6O4S. The van der Waals surface area contributed by atoms with Gasteiger partial charge in [0.05, 0.1) is 13.2 Å². The minimum atomic E-state index is -0.646. The first-order valence-electron chi connectivity index (χ1n) is 9.82. The van der Waals surface area contributed by atoms with Crippen molar-refractivity contribution in [1.82, 2.24) is 30.8 Å². The van der Waals surface area contributed by atoms with Gasteiger partial charge in [0.1, 0.15) is 34.5 Å². The molecule has 0 spiro atoms. The second-order valence-electron chi connectivity index (χ2n) is 7.49.